The fourth-order valence-electron chi connectivity index (χ4n) is 1.65. The topological polar surface area (TPSA) is 121 Å². The summed E-state index contributed by atoms with van der Waals surface area (Å²) in [4.78, 5) is 21.2. The van der Waals surface area contributed by atoms with Crippen molar-refractivity contribution in [2.45, 2.75) is 11.8 Å². The predicted octanol–water partition coefficient (Wildman–Crippen LogP) is 0.164. The van der Waals surface area contributed by atoms with Crippen LogP contribution in [0.3, 0.4) is 0 Å². The van der Waals surface area contributed by atoms with Gasteiger partial charge in [-0.25, -0.2) is 8.42 Å². The first-order chi connectivity index (χ1) is 9.68. The minimum absolute atomic E-state index is 0.0152. The Morgan fingerprint density at radius 2 is 1.71 bits per heavy atom. The van der Waals surface area contributed by atoms with Crippen LogP contribution in [0.15, 0.2) is 23.1 Å². The van der Waals surface area contributed by atoms with E-state index in [1.165, 1.54) is 19.2 Å². The molecule has 21 heavy (non-hydrogen) atoms. The van der Waals surface area contributed by atoms with E-state index in [0.29, 0.717) is 9.87 Å². The monoisotopic (exact) mass is 317 g/mol. The molecule has 0 aromatic heterocycles. The minimum atomic E-state index is -4.31. The predicted molar refractivity (Wildman–Crippen MR) is 71.8 cm³/mol. The maximum Gasteiger partial charge on any atom is 0.318 e. The summed E-state index contributed by atoms with van der Waals surface area (Å²) in [6, 6.07) is 4.34. The molecular weight excluding hydrogens is 302 g/mol. The van der Waals surface area contributed by atoms with Gasteiger partial charge in [-0.05, 0) is 24.6 Å². The number of sulfonamides is 1. The zero-order valence-corrected chi connectivity index (χ0v) is 12.3. The van der Waals surface area contributed by atoms with Crippen LogP contribution in [0.5, 0.6) is 5.75 Å². The van der Waals surface area contributed by atoms with Gasteiger partial charge in [-0.3, -0.25) is 9.59 Å². The number of ether oxygens (including phenoxy) is 1. The largest absolute Gasteiger partial charge is 0.495 e. The first-order valence-corrected chi connectivity index (χ1v) is 7.21. The van der Waals surface area contributed by atoms with Crippen LogP contribution in [0.25, 0.3) is 0 Å². The lowest BCUT2D eigenvalue weighted by atomic mass is 10.2. The van der Waals surface area contributed by atoms with E-state index in [9.17, 15) is 18.0 Å². The number of hydrogen-bond donors (Lipinski definition) is 2. The third kappa shape index (κ3) is 4.17. The molecule has 0 heterocycles. The summed E-state index contributed by atoms with van der Waals surface area (Å²) in [5.41, 5.74) is 0.611. The maximum atomic E-state index is 12.5. The third-order valence-electron chi connectivity index (χ3n) is 2.56. The highest BCUT2D eigenvalue weighted by Crippen LogP contribution is 2.27. The number of carboxylic acids is 2. The van der Waals surface area contributed by atoms with Crippen molar-refractivity contribution >= 4 is 22.0 Å². The minimum Gasteiger partial charge on any atom is -0.495 e. The Bertz CT molecular complexity index is 638. The quantitative estimate of drug-likeness (QED) is 0.734. The zero-order valence-electron chi connectivity index (χ0n) is 11.4. The van der Waals surface area contributed by atoms with Crippen LogP contribution < -0.4 is 4.74 Å². The number of carboxylic acid groups (broad SMARTS) is 2. The Morgan fingerprint density at radius 3 is 2.14 bits per heavy atom. The second-order valence-electron chi connectivity index (χ2n) is 4.21. The summed E-state index contributed by atoms with van der Waals surface area (Å²) in [5.74, 6) is -2.89. The van der Waals surface area contributed by atoms with E-state index < -0.39 is 35.1 Å². The lowest BCUT2D eigenvalue weighted by molar-refractivity contribution is -0.139. The molecule has 0 spiro atoms. The van der Waals surface area contributed by atoms with Crippen molar-refractivity contribution in [2.24, 2.45) is 0 Å². The van der Waals surface area contributed by atoms with Gasteiger partial charge < -0.3 is 14.9 Å². The van der Waals surface area contributed by atoms with Crippen molar-refractivity contribution in [1.82, 2.24) is 4.31 Å². The molecule has 0 saturated carbocycles. The smallest absolute Gasteiger partial charge is 0.318 e. The molecule has 1 aromatic rings. The Hall–Kier alpha value is -2.13. The number of nitrogens with zero attached hydrogens (tertiary/aromatic N) is 1. The highest BCUT2D eigenvalue weighted by molar-refractivity contribution is 7.89. The summed E-state index contributed by atoms with van der Waals surface area (Å²) < 4.78 is 30.2. The molecule has 0 atom stereocenters. The van der Waals surface area contributed by atoms with Crippen molar-refractivity contribution in [1.29, 1.82) is 0 Å². The van der Waals surface area contributed by atoms with Gasteiger partial charge in [0.2, 0.25) is 10.0 Å². The van der Waals surface area contributed by atoms with Crippen LogP contribution >= 0.6 is 0 Å². The van der Waals surface area contributed by atoms with Crippen molar-refractivity contribution in [3.63, 3.8) is 0 Å². The van der Waals surface area contributed by atoms with Crippen molar-refractivity contribution < 1.29 is 33.0 Å². The molecule has 1 aromatic carbocycles. The van der Waals surface area contributed by atoms with Gasteiger partial charge in [-0.1, -0.05) is 6.07 Å². The van der Waals surface area contributed by atoms with Gasteiger partial charge in [0.1, 0.15) is 23.7 Å². The lowest BCUT2D eigenvalue weighted by Gasteiger charge is -2.20. The number of aryl methyl sites for hydroxylation is 1. The molecule has 1 rings (SSSR count). The van der Waals surface area contributed by atoms with Gasteiger partial charge in [0.05, 0.1) is 7.11 Å². The fourth-order valence-corrected chi connectivity index (χ4v) is 3.23. The summed E-state index contributed by atoms with van der Waals surface area (Å²) in [5, 5.41) is 17.5. The molecule has 8 nitrogen and oxygen atoms in total. The molecule has 0 amide bonds. The second kappa shape index (κ2) is 6.55. The summed E-state index contributed by atoms with van der Waals surface area (Å²) in [6.07, 6.45) is 0. The molecule has 0 bridgehead atoms. The summed E-state index contributed by atoms with van der Waals surface area (Å²) in [7, 11) is -3.04. The van der Waals surface area contributed by atoms with Crippen LogP contribution in [-0.2, 0) is 19.6 Å². The van der Waals surface area contributed by atoms with Crippen molar-refractivity contribution in [2.75, 3.05) is 20.2 Å². The first-order valence-electron chi connectivity index (χ1n) is 5.77. The van der Waals surface area contributed by atoms with Gasteiger partial charge in [-0.2, -0.15) is 4.31 Å². The Kier molecular flexibility index (Phi) is 5.28. The molecule has 0 aliphatic carbocycles. The van der Waals surface area contributed by atoms with E-state index >= 15 is 0 Å². The highest BCUT2D eigenvalue weighted by Gasteiger charge is 2.31. The van der Waals surface area contributed by atoms with Crippen LogP contribution in [0.2, 0.25) is 0 Å². The Balaban J connectivity index is 3.37. The molecule has 0 fully saturated rings. The Labute approximate surface area is 121 Å². The lowest BCUT2D eigenvalue weighted by Crippen LogP contribution is -2.39. The summed E-state index contributed by atoms with van der Waals surface area (Å²) in [6.45, 7) is -0.255. The van der Waals surface area contributed by atoms with E-state index in [0.717, 1.165) is 0 Å². The standard InChI is InChI=1S/C12H15NO7S/c1-8-3-4-9(20-2)10(5-8)21(18,19)13(6-11(14)15)7-12(16)17/h3-5H,6-7H2,1-2H3,(H,14,15)(H,16,17). The van der Waals surface area contributed by atoms with Crippen molar-refractivity contribution in [3.05, 3.63) is 23.8 Å². The van der Waals surface area contributed by atoms with Crippen LogP contribution in [0.1, 0.15) is 5.56 Å². The van der Waals surface area contributed by atoms with Gasteiger partial charge in [0, 0.05) is 0 Å². The van der Waals surface area contributed by atoms with Gasteiger partial charge in [0.15, 0.2) is 0 Å². The zero-order chi connectivity index (χ0) is 16.2. The molecule has 0 unspecified atom stereocenters. The van der Waals surface area contributed by atoms with Crippen LogP contribution in [0, 0.1) is 6.92 Å². The molecule has 0 radical (unpaired) electrons. The highest BCUT2D eigenvalue weighted by atomic mass is 32.2. The van der Waals surface area contributed by atoms with E-state index in [1.807, 2.05) is 0 Å². The third-order valence-corrected chi connectivity index (χ3v) is 4.37. The number of aliphatic carboxylic acids is 2. The number of hydrogen-bond acceptors (Lipinski definition) is 5. The van der Waals surface area contributed by atoms with E-state index in [2.05, 4.69) is 0 Å². The van der Waals surface area contributed by atoms with E-state index in [-0.39, 0.29) is 10.6 Å². The molecule has 0 aliphatic heterocycles. The van der Waals surface area contributed by atoms with Gasteiger partial charge in [-0.15, -0.1) is 0 Å². The molecule has 116 valence electrons. The van der Waals surface area contributed by atoms with Gasteiger partial charge in [0.25, 0.3) is 0 Å². The first kappa shape index (κ1) is 16.9. The summed E-state index contributed by atoms with van der Waals surface area (Å²) >= 11 is 0. The molecule has 0 aliphatic rings. The number of methoxy groups -OCH3 is 1. The van der Waals surface area contributed by atoms with E-state index in [4.69, 9.17) is 14.9 Å². The molecular formula is C12H15NO7S. The van der Waals surface area contributed by atoms with Crippen LogP contribution in [0.4, 0.5) is 0 Å². The number of benzene rings is 1. The normalized spacial score (nSPS) is 11.4. The average molecular weight is 317 g/mol. The second-order valence-corrected chi connectivity index (χ2v) is 6.12. The maximum absolute atomic E-state index is 12.5. The molecule has 0 saturated heterocycles. The molecule has 2 N–H and O–H groups in total. The average Bonchev–Trinajstić information content (AvgIpc) is 2.36. The number of carbonyl (C=O) groups is 2. The fraction of sp³-hybridized carbons (Fsp3) is 0.333. The van der Waals surface area contributed by atoms with Gasteiger partial charge >= 0.3 is 11.9 Å². The van der Waals surface area contributed by atoms with Crippen LogP contribution in [-0.4, -0.2) is 55.1 Å². The molecule has 9 heteroatoms. The Morgan fingerprint density at radius 1 is 1.19 bits per heavy atom. The van der Waals surface area contributed by atoms with Crippen molar-refractivity contribution in [3.8, 4) is 5.75 Å². The SMILES string of the molecule is COc1ccc(C)cc1S(=O)(=O)N(CC(=O)O)CC(=O)O. The number of rotatable bonds is 7. The van der Waals surface area contributed by atoms with E-state index in [1.54, 1.807) is 13.0 Å².